The van der Waals surface area contributed by atoms with Crippen LogP contribution in [0.15, 0.2) is 76.1 Å². The number of morpholine rings is 1. The average molecular weight is 716 g/mol. The molecule has 2 aliphatic heterocycles. The van der Waals surface area contributed by atoms with Crippen LogP contribution < -0.4 is 15.6 Å². The second kappa shape index (κ2) is 14.6. The number of likely N-dealkylation sites (tertiary alicyclic amines) is 1. The highest BCUT2D eigenvalue weighted by molar-refractivity contribution is 7.89. The number of benzene rings is 2. The van der Waals surface area contributed by atoms with Crippen molar-refractivity contribution in [3.8, 4) is 17.8 Å². The van der Waals surface area contributed by atoms with Crippen LogP contribution in [-0.2, 0) is 21.3 Å². The minimum atomic E-state index is -3.95. The van der Waals surface area contributed by atoms with Crippen molar-refractivity contribution >= 4 is 44.0 Å². The number of anilines is 2. The molecule has 0 atom stereocenters. The summed E-state index contributed by atoms with van der Waals surface area (Å²) >= 11 is 1.12. The number of pyridine rings is 1. The third-order valence-corrected chi connectivity index (χ3v) is 11.7. The van der Waals surface area contributed by atoms with Gasteiger partial charge in [-0.25, -0.2) is 22.8 Å². The van der Waals surface area contributed by atoms with E-state index < -0.39 is 21.4 Å². The molecule has 0 aliphatic carbocycles. The number of nitrogens with zero attached hydrogens (tertiary/aromatic N) is 6. The summed E-state index contributed by atoms with van der Waals surface area (Å²) in [5.74, 6) is 2.78. The molecule has 7 rings (SSSR count). The van der Waals surface area contributed by atoms with Gasteiger partial charge in [0.15, 0.2) is 16.6 Å². The summed E-state index contributed by atoms with van der Waals surface area (Å²) < 4.78 is 54.6. The zero-order valence-electron chi connectivity index (χ0n) is 27.2. The zero-order chi connectivity index (χ0) is 34.7. The van der Waals surface area contributed by atoms with Gasteiger partial charge < -0.3 is 19.7 Å². The summed E-state index contributed by atoms with van der Waals surface area (Å²) in [5, 5.41) is 3.59. The van der Waals surface area contributed by atoms with E-state index in [9.17, 15) is 17.6 Å². The van der Waals surface area contributed by atoms with Crippen molar-refractivity contribution in [3.63, 3.8) is 0 Å². The first kappa shape index (κ1) is 33.8. The summed E-state index contributed by atoms with van der Waals surface area (Å²) in [6, 6.07) is 15.5. The van der Waals surface area contributed by atoms with Gasteiger partial charge in [-0.05, 0) is 80.7 Å². The Morgan fingerprint density at radius 3 is 2.58 bits per heavy atom. The van der Waals surface area contributed by atoms with E-state index in [-0.39, 0.29) is 60.8 Å². The minimum absolute atomic E-state index is 0.0322. The van der Waals surface area contributed by atoms with E-state index in [0.29, 0.717) is 16.2 Å². The molecule has 0 radical (unpaired) electrons. The molecule has 3 aromatic heterocycles. The second-order valence-electron chi connectivity index (χ2n) is 12.1. The maximum absolute atomic E-state index is 14.1. The van der Waals surface area contributed by atoms with Gasteiger partial charge in [0.2, 0.25) is 5.95 Å². The molecular formula is C35H34FN7O5S2. The third kappa shape index (κ3) is 7.25. The third-order valence-electron chi connectivity index (χ3n) is 8.83. The molecule has 0 amide bonds. The first-order valence-corrected chi connectivity index (χ1v) is 18.5. The van der Waals surface area contributed by atoms with Crippen molar-refractivity contribution in [2.24, 2.45) is 0 Å². The number of fused-ring (bicyclic) bond motifs is 1. The van der Waals surface area contributed by atoms with Gasteiger partial charge in [0.1, 0.15) is 11.8 Å². The smallest absolute Gasteiger partial charge is 0.268 e. The Hall–Kier alpha value is -4.72. The first-order valence-electron chi connectivity index (χ1n) is 16.1. The lowest BCUT2D eigenvalue weighted by Crippen LogP contribution is -2.41. The largest absolute Gasteiger partial charge is 0.404 e. The van der Waals surface area contributed by atoms with E-state index >= 15 is 0 Å². The van der Waals surface area contributed by atoms with Gasteiger partial charge >= 0.3 is 0 Å². The molecule has 1 N–H and O–H groups in total. The summed E-state index contributed by atoms with van der Waals surface area (Å²) in [6.45, 7) is 2.98. The summed E-state index contributed by atoms with van der Waals surface area (Å²) in [4.78, 5) is 30.1. The normalized spacial score (nSPS) is 16.2. The summed E-state index contributed by atoms with van der Waals surface area (Å²) in [7, 11) is -1.81. The standard InChI is InChI=1S/C35H34FN7O5S2/c1-41-13-10-25(11-14-41)24-6-8-28(9-7-24)39-35-37-21-27-20-26(12-17-48-30-5-3-2-4-29(30)36)34(44)43(32(27)40-35)22-31-33(38-23-49-31)50(45,46)42-15-18-47-19-16-42/h2-9,20-21,23,25H,10-11,13-16,18-19,22H2,1H3,(H,37,39,40). The van der Waals surface area contributed by atoms with E-state index in [4.69, 9.17) is 14.5 Å². The topological polar surface area (TPSA) is 132 Å². The van der Waals surface area contributed by atoms with Crippen LogP contribution in [-0.4, -0.2) is 83.6 Å². The number of halogens is 1. The van der Waals surface area contributed by atoms with Crippen LogP contribution in [0.3, 0.4) is 0 Å². The van der Waals surface area contributed by atoms with E-state index in [1.807, 2.05) is 12.1 Å². The first-order chi connectivity index (χ1) is 24.3. The summed E-state index contributed by atoms with van der Waals surface area (Å²) in [5.41, 5.74) is 3.26. The highest BCUT2D eigenvalue weighted by atomic mass is 32.2. The molecule has 50 heavy (non-hydrogen) atoms. The van der Waals surface area contributed by atoms with Gasteiger partial charge in [-0.3, -0.25) is 9.36 Å². The van der Waals surface area contributed by atoms with Crippen LogP contribution in [0.1, 0.15) is 34.8 Å². The molecule has 2 aliphatic rings. The molecule has 2 saturated heterocycles. The fourth-order valence-electron chi connectivity index (χ4n) is 6.06. The minimum Gasteiger partial charge on any atom is -0.404 e. The number of thiazole rings is 1. The molecule has 12 nitrogen and oxygen atoms in total. The van der Waals surface area contributed by atoms with Crippen molar-refractivity contribution in [2.45, 2.75) is 30.3 Å². The van der Waals surface area contributed by atoms with E-state index in [1.54, 1.807) is 12.3 Å². The zero-order valence-corrected chi connectivity index (χ0v) is 28.8. The number of hydrogen-bond acceptors (Lipinski definition) is 11. The van der Waals surface area contributed by atoms with Crippen LogP contribution in [0.5, 0.6) is 5.75 Å². The molecule has 5 aromatic rings. The molecule has 0 bridgehead atoms. The molecule has 2 aromatic carbocycles. The molecule has 15 heteroatoms. The van der Waals surface area contributed by atoms with Gasteiger partial charge in [0.05, 0.1) is 35.7 Å². The van der Waals surface area contributed by atoms with E-state index in [1.165, 1.54) is 44.2 Å². The SMILES string of the molecule is CN1CCC(c2ccc(Nc3ncc4cc(C#COc5ccccc5F)c(=O)n(Cc5scnc5S(=O)(=O)N5CCOCC5)c4n3)cc2)CC1. The predicted molar refractivity (Wildman–Crippen MR) is 188 cm³/mol. The molecule has 5 heterocycles. The van der Waals surface area contributed by atoms with Gasteiger partial charge in [-0.2, -0.15) is 9.29 Å². The Morgan fingerprint density at radius 2 is 1.82 bits per heavy atom. The van der Waals surface area contributed by atoms with Gasteiger partial charge in [0.25, 0.3) is 15.6 Å². The molecular weight excluding hydrogens is 682 g/mol. The maximum Gasteiger partial charge on any atom is 0.268 e. The number of nitrogens with one attached hydrogen (secondary N) is 1. The van der Waals surface area contributed by atoms with E-state index in [0.717, 1.165) is 43.0 Å². The number of hydrogen-bond donors (Lipinski definition) is 1. The average Bonchev–Trinajstić information content (AvgIpc) is 3.61. The highest BCUT2D eigenvalue weighted by Crippen LogP contribution is 2.29. The molecule has 0 spiro atoms. The van der Waals surface area contributed by atoms with E-state index in [2.05, 4.69) is 51.4 Å². The molecule has 0 unspecified atom stereocenters. The van der Waals surface area contributed by atoms with Crippen molar-refractivity contribution in [2.75, 3.05) is 51.8 Å². The van der Waals surface area contributed by atoms with Crippen LogP contribution in [0, 0.1) is 17.8 Å². The van der Waals surface area contributed by atoms with Crippen LogP contribution >= 0.6 is 11.3 Å². The lowest BCUT2D eigenvalue weighted by atomic mass is 9.89. The quantitative estimate of drug-likeness (QED) is 0.231. The number of rotatable bonds is 8. The Bertz CT molecular complexity index is 2240. The van der Waals surface area contributed by atoms with Crippen LogP contribution in [0.25, 0.3) is 11.0 Å². The van der Waals surface area contributed by atoms with Crippen molar-refractivity contribution in [1.29, 1.82) is 0 Å². The monoisotopic (exact) mass is 715 g/mol. The Kier molecular flexibility index (Phi) is 9.88. The van der Waals surface area contributed by atoms with Crippen molar-refractivity contribution in [1.82, 2.24) is 28.7 Å². The van der Waals surface area contributed by atoms with Gasteiger partial charge in [-0.15, -0.1) is 11.3 Å². The highest BCUT2D eigenvalue weighted by Gasteiger charge is 2.31. The maximum atomic E-state index is 14.1. The number of aromatic nitrogens is 4. The second-order valence-corrected chi connectivity index (χ2v) is 14.9. The lowest BCUT2D eigenvalue weighted by molar-refractivity contribution is 0.0729. The lowest BCUT2D eigenvalue weighted by Gasteiger charge is -2.29. The molecule has 0 saturated carbocycles. The van der Waals surface area contributed by atoms with Crippen LogP contribution in [0.2, 0.25) is 0 Å². The molecule has 258 valence electrons. The fourth-order valence-corrected chi connectivity index (χ4v) is 8.64. The van der Waals surface area contributed by atoms with Crippen LogP contribution in [0.4, 0.5) is 16.0 Å². The van der Waals surface area contributed by atoms with Crippen molar-refractivity contribution in [3.05, 3.63) is 98.5 Å². The number of sulfonamides is 1. The van der Waals surface area contributed by atoms with Gasteiger partial charge in [0, 0.05) is 30.4 Å². The van der Waals surface area contributed by atoms with Gasteiger partial charge in [-0.1, -0.05) is 24.3 Å². The number of ether oxygens (including phenoxy) is 2. The fraction of sp³-hybridized carbons (Fsp3) is 0.314. The Labute approximate surface area is 292 Å². The predicted octanol–water partition coefficient (Wildman–Crippen LogP) is 4.40. The number of para-hydroxylation sites is 1. The Morgan fingerprint density at radius 1 is 1.06 bits per heavy atom. The summed E-state index contributed by atoms with van der Waals surface area (Å²) in [6.07, 6.45) is 6.22. The molecule has 2 fully saturated rings. The Balaban J connectivity index is 1.23. The van der Waals surface area contributed by atoms with Crippen molar-refractivity contribution < 1.29 is 22.3 Å². The number of piperidine rings is 1.